The van der Waals surface area contributed by atoms with Crippen molar-refractivity contribution in [3.63, 3.8) is 0 Å². The lowest BCUT2D eigenvalue weighted by Gasteiger charge is -2.12. The molecular formula is C22H26ClN3O5. The van der Waals surface area contributed by atoms with E-state index in [-0.39, 0.29) is 29.5 Å². The summed E-state index contributed by atoms with van der Waals surface area (Å²) in [6.07, 6.45) is 5.42. The highest BCUT2D eigenvalue weighted by atomic mass is 35.5. The molecule has 2 aromatic rings. The van der Waals surface area contributed by atoms with E-state index in [0.29, 0.717) is 17.2 Å². The molecular weight excluding hydrogens is 422 g/mol. The fourth-order valence-electron chi connectivity index (χ4n) is 2.82. The quantitative estimate of drug-likeness (QED) is 0.215. The first kappa shape index (κ1) is 24.1. The van der Waals surface area contributed by atoms with Gasteiger partial charge in [0.1, 0.15) is 0 Å². The Hall–Kier alpha value is -3.13. The van der Waals surface area contributed by atoms with Crippen LogP contribution in [0.4, 0.5) is 5.69 Å². The smallest absolute Gasteiger partial charge is 0.315 e. The number of rotatable bonds is 12. The first-order chi connectivity index (χ1) is 14.9. The second-order valence-electron chi connectivity index (χ2n) is 6.83. The minimum atomic E-state index is -0.527. The lowest BCUT2D eigenvalue weighted by Crippen LogP contribution is -2.19. The van der Waals surface area contributed by atoms with Gasteiger partial charge in [-0.15, -0.1) is 0 Å². The van der Waals surface area contributed by atoms with Crippen LogP contribution in [0.15, 0.2) is 41.5 Å². The maximum atomic E-state index is 12.0. The molecule has 0 saturated heterocycles. The van der Waals surface area contributed by atoms with E-state index in [1.54, 1.807) is 30.3 Å². The molecule has 31 heavy (non-hydrogen) atoms. The number of unbranched alkanes of at least 4 members (excludes halogenated alkanes) is 3. The lowest BCUT2D eigenvalue weighted by atomic mass is 10.1. The van der Waals surface area contributed by atoms with Gasteiger partial charge in [0.15, 0.2) is 5.75 Å². The molecule has 0 radical (unpaired) electrons. The molecule has 166 valence electrons. The summed E-state index contributed by atoms with van der Waals surface area (Å²) in [5.74, 6) is -0.00127. The molecule has 9 heteroatoms. The zero-order chi connectivity index (χ0) is 22.6. The number of hydrogen-bond acceptors (Lipinski definition) is 6. The van der Waals surface area contributed by atoms with Crippen molar-refractivity contribution in [3.8, 4) is 11.5 Å². The molecule has 0 aliphatic rings. The summed E-state index contributed by atoms with van der Waals surface area (Å²) >= 11 is 5.83. The average molecular weight is 448 g/mol. The van der Waals surface area contributed by atoms with E-state index in [1.807, 2.05) is 0 Å². The first-order valence-electron chi connectivity index (χ1n) is 10.00. The molecule has 1 N–H and O–H groups in total. The number of benzene rings is 2. The van der Waals surface area contributed by atoms with Gasteiger partial charge in [0, 0.05) is 16.7 Å². The second kappa shape index (κ2) is 12.5. The van der Waals surface area contributed by atoms with Crippen molar-refractivity contribution in [3.05, 3.63) is 62.7 Å². The van der Waals surface area contributed by atoms with Gasteiger partial charge in [0.2, 0.25) is 11.7 Å². The van der Waals surface area contributed by atoms with Gasteiger partial charge >= 0.3 is 5.69 Å². The summed E-state index contributed by atoms with van der Waals surface area (Å²) in [5.41, 5.74) is 3.37. The third-order valence-corrected chi connectivity index (χ3v) is 4.65. The average Bonchev–Trinajstić information content (AvgIpc) is 2.75. The van der Waals surface area contributed by atoms with Crippen LogP contribution in [0, 0.1) is 10.1 Å². The lowest BCUT2D eigenvalue weighted by molar-refractivity contribution is -0.386. The fraction of sp³-hybridized carbons (Fsp3) is 0.364. The molecule has 0 bridgehead atoms. The molecule has 0 aliphatic carbocycles. The number of halogens is 1. The number of ether oxygens (including phenoxy) is 2. The monoisotopic (exact) mass is 447 g/mol. The van der Waals surface area contributed by atoms with Crippen LogP contribution in [-0.2, 0) is 11.2 Å². The number of hydrogen-bond donors (Lipinski definition) is 1. The van der Waals surface area contributed by atoms with Crippen LogP contribution in [0.1, 0.15) is 43.7 Å². The van der Waals surface area contributed by atoms with Crippen LogP contribution in [0.5, 0.6) is 11.5 Å². The van der Waals surface area contributed by atoms with Crippen molar-refractivity contribution in [1.82, 2.24) is 5.43 Å². The normalized spacial score (nSPS) is 10.8. The SMILES string of the molecule is CCCCCCOc1c(OC)cc(/C=N\NC(=O)Cc2ccc(Cl)cc2)cc1[N+](=O)[O-]. The summed E-state index contributed by atoms with van der Waals surface area (Å²) in [7, 11) is 1.41. The van der Waals surface area contributed by atoms with E-state index in [0.717, 1.165) is 31.2 Å². The number of nitro groups is 1. The van der Waals surface area contributed by atoms with Gasteiger partial charge in [-0.25, -0.2) is 5.43 Å². The Balaban J connectivity index is 2.06. The molecule has 0 aliphatic heterocycles. The Morgan fingerprint density at radius 3 is 2.61 bits per heavy atom. The number of carbonyl (C=O) groups excluding carboxylic acids is 1. The van der Waals surface area contributed by atoms with Gasteiger partial charge in [0.25, 0.3) is 0 Å². The summed E-state index contributed by atoms with van der Waals surface area (Å²) < 4.78 is 10.9. The highest BCUT2D eigenvalue weighted by Gasteiger charge is 2.22. The molecule has 2 rings (SSSR count). The third kappa shape index (κ3) is 7.90. The highest BCUT2D eigenvalue weighted by Crippen LogP contribution is 2.38. The predicted octanol–water partition coefficient (Wildman–Crippen LogP) is 4.91. The molecule has 0 heterocycles. The van der Waals surface area contributed by atoms with Crippen LogP contribution < -0.4 is 14.9 Å². The summed E-state index contributed by atoms with van der Waals surface area (Å²) in [6, 6.07) is 9.81. The molecule has 0 spiro atoms. The van der Waals surface area contributed by atoms with Crippen molar-refractivity contribution in [2.24, 2.45) is 5.10 Å². The van der Waals surface area contributed by atoms with Crippen LogP contribution in [-0.4, -0.2) is 30.8 Å². The number of nitrogens with zero attached hydrogens (tertiary/aromatic N) is 2. The maximum Gasteiger partial charge on any atom is 0.315 e. The Kier molecular flexibility index (Phi) is 9.77. The molecule has 1 amide bonds. The van der Waals surface area contributed by atoms with Gasteiger partial charge in [-0.1, -0.05) is 49.9 Å². The van der Waals surface area contributed by atoms with Crippen LogP contribution in [0.2, 0.25) is 5.02 Å². The summed E-state index contributed by atoms with van der Waals surface area (Å²) in [5, 5.41) is 16.0. The van der Waals surface area contributed by atoms with Crippen LogP contribution in [0.3, 0.4) is 0 Å². The number of methoxy groups -OCH3 is 1. The highest BCUT2D eigenvalue weighted by molar-refractivity contribution is 6.30. The Morgan fingerprint density at radius 2 is 1.97 bits per heavy atom. The van der Waals surface area contributed by atoms with Crippen molar-refractivity contribution in [2.45, 2.75) is 39.0 Å². The number of nitrogens with one attached hydrogen (secondary N) is 1. The largest absolute Gasteiger partial charge is 0.493 e. The molecule has 8 nitrogen and oxygen atoms in total. The fourth-order valence-corrected chi connectivity index (χ4v) is 2.95. The van der Waals surface area contributed by atoms with E-state index in [4.69, 9.17) is 21.1 Å². The van der Waals surface area contributed by atoms with Gasteiger partial charge in [-0.05, 0) is 30.2 Å². The molecule has 2 aromatic carbocycles. The molecule has 0 unspecified atom stereocenters. The van der Waals surface area contributed by atoms with E-state index in [2.05, 4.69) is 17.5 Å². The van der Waals surface area contributed by atoms with Gasteiger partial charge < -0.3 is 9.47 Å². The standard InChI is InChI=1S/C22H26ClN3O5/c1-3-4-5-6-11-31-22-19(26(28)29)12-17(13-20(22)30-2)15-24-25-21(27)14-16-7-9-18(23)10-8-16/h7-10,12-13,15H,3-6,11,14H2,1-2H3,(H,25,27)/b24-15-. The third-order valence-electron chi connectivity index (χ3n) is 4.40. The van der Waals surface area contributed by atoms with Crippen molar-refractivity contribution >= 4 is 29.4 Å². The van der Waals surface area contributed by atoms with Crippen molar-refractivity contribution in [2.75, 3.05) is 13.7 Å². The minimum absolute atomic E-state index is 0.0907. The van der Waals surface area contributed by atoms with E-state index >= 15 is 0 Å². The van der Waals surface area contributed by atoms with Gasteiger partial charge in [-0.3, -0.25) is 14.9 Å². The second-order valence-corrected chi connectivity index (χ2v) is 7.27. The van der Waals surface area contributed by atoms with E-state index < -0.39 is 4.92 Å². The van der Waals surface area contributed by atoms with Crippen LogP contribution in [0.25, 0.3) is 0 Å². The molecule has 0 fully saturated rings. The minimum Gasteiger partial charge on any atom is -0.493 e. The zero-order valence-corrected chi connectivity index (χ0v) is 18.4. The zero-order valence-electron chi connectivity index (χ0n) is 17.6. The van der Waals surface area contributed by atoms with Gasteiger partial charge in [-0.2, -0.15) is 5.10 Å². The van der Waals surface area contributed by atoms with Gasteiger partial charge in [0.05, 0.1) is 31.3 Å². The van der Waals surface area contributed by atoms with E-state index in [9.17, 15) is 14.9 Å². The van der Waals surface area contributed by atoms with Crippen molar-refractivity contribution < 1.29 is 19.2 Å². The first-order valence-corrected chi connectivity index (χ1v) is 10.4. The Labute approximate surface area is 186 Å². The number of carbonyl (C=O) groups is 1. The summed E-state index contributed by atoms with van der Waals surface area (Å²) in [6.45, 7) is 2.47. The number of hydrazone groups is 1. The molecule has 0 saturated carbocycles. The van der Waals surface area contributed by atoms with Crippen molar-refractivity contribution in [1.29, 1.82) is 0 Å². The molecule has 0 atom stereocenters. The Bertz CT molecular complexity index is 916. The molecule has 0 aromatic heterocycles. The Morgan fingerprint density at radius 1 is 1.23 bits per heavy atom. The number of nitro benzene ring substituents is 1. The number of amides is 1. The maximum absolute atomic E-state index is 12.0. The topological polar surface area (TPSA) is 103 Å². The summed E-state index contributed by atoms with van der Waals surface area (Å²) in [4.78, 5) is 23.0. The van der Waals surface area contributed by atoms with E-state index in [1.165, 1.54) is 19.4 Å². The predicted molar refractivity (Wildman–Crippen MR) is 120 cm³/mol. The van der Waals surface area contributed by atoms with Crippen LogP contribution >= 0.6 is 11.6 Å².